The molecule has 1 atom stereocenters. The maximum atomic E-state index is 12.3. The summed E-state index contributed by atoms with van der Waals surface area (Å²) in [6, 6.07) is 4.47. The maximum Gasteiger partial charge on any atom is 0.326 e. The van der Waals surface area contributed by atoms with Gasteiger partial charge >= 0.3 is 6.03 Å². The maximum absolute atomic E-state index is 12.3. The van der Waals surface area contributed by atoms with E-state index in [0.717, 1.165) is 37.3 Å². The molecule has 0 spiro atoms. The molecule has 2 aliphatic rings. The van der Waals surface area contributed by atoms with Crippen LogP contribution in [0.25, 0.3) is 0 Å². The molecule has 1 aromatic rings. The van der Waals surface area contributed by atoms with Crippen LogP contribution in [-0.4, -0.2) is 35.0 Å². The number of fused-ring (bicyclic) bond motifs is 1. The number of aryl methyl sites for hydroxylation is 1. The van der Waals surface area contributed by atoms with Gasteiger partial charge in [0.2, 0.25) is 0 Å². The lowest BCUT2D eigenvalue weighted by Gasteiger charge is -2.27. The molecule has 3 rings (SSSR count). The third-order valence-corrected chi connectivity index (χ3v) is 3.67. The van der Waals surface area contributed by atoms with Gasteiger partial charge in [-0.15, -0.1) is 0 Å². The Morgan fingerprint density at radius 2 is 2.29 bits per heavy atom. The van der Waals surface area contributed by atoms with Crippen molar-refractivity contribution in [2.75, 3.05) is 18.0 Å². The number of pyridine rings is 1. The fraction of sp³-hybridized carbons (Fsp3) is 0.538. The van der Waals surface area contributed by atoms with Crippen molar-refractivity contribution in [2.45, 2.75) is 32.2 Å². The number of carbonyl (C=O) groups is 1. The molecule has 1 aromatic heterocycles. The number of aromatic nitrogens is 1. The summed E-state index contributed by atoms with van der Waals surface area (Å²) in [7, 11) is 0. The largest absolute Gasteiger partial charge is 0.326 e. The van der Waals surface area contributed by atoms with Gasteiger partial charge in [-0.05, 0) is 43.9 Å². The van der Waals surface area contributed by atoms with Gasteiger partial charge in [0.05, 0.1) is 6.04 Å². The van der Waals surface area contributed by atoms with Gasteiger partial charge in [0.1, 0.15) is 5.82 Å². The van der Waals surface area contributed by atoms with Crippen LogP contribution in [0.15, 0.2) is 18.3 Å². The molecule has 0 saturated carbocycles. The molecule has 2 saturated heterocycles. The molecule has 3 heterocycles. The first-order valence-electron chi connectivity index (χ1n) is 6.26. The third-order valence-electron chi connectivity index (χ3n) is 3.67. The molecule has 2 aliphatic heterocycles. The highest BCUT2D eigenvalue weighted by Gasteiger charge is 2.39. The van der Waals surface area contributed by atoms with Crippen LogP contribution in [0.3, 0.4) is 0 Å². The number of carbonyl (C=O) groups excluding carboxylic acids is 1. The van der Waals surface area contributed by atoms with Crippen LogP contribution in [0, 0.1) is 6.92 Å². The summed E-state index contributed by atoms with van der Waals surface area (Å²) in [5.41, 5.74) is 1.15. The number of rotatable bonds is 1. The van der Waals surface area contributed by atoms with E-state index in [-0.39, 0.29) is 6.03 Å². The van der Waals surface area contributed by atoms with Crippen molar-refractivity contribution in [3.8, 4) is 0 Å². The Kier molecular flexibility index (Phi) is 2.50. The average Bonchev–Trinajstić information content (AvgIpc) is 2.68. The van der Waals surface area contributed by atoms with Crippen LogP contribution in [0.2, 0.25) is 0 Å². The normalized spacial score (nSPS) is 24.1. The van der Waals surface area contributed by atoms with Gasteiger partial charge in [-0.2, -0.15) is 0 Å². The number of hydrogen-bond donors (Lipinski definition) is 0. The predicted octanol–water partition coefficient (Wildman–Crippen LogP) is 2.18. The quantitative estimate of drug-likeness (QED) is 0.742. The number of piperidine rings is 1. The molecule has 4 heteroatoms. The fourth-order valence-corrected chi connectivity index (χ4v) is 2.75. The van der Waals surface area contributed by atoms with E-state index in [9.17, 15) is 4.79 Å². The van der Waals surface area contributed by atoms with Crippen molar-refractivity contribution in [2.24, 2.45) is 0 Å². The summed E-state index contributed by atoms with van der Waals surface area (Å²) in [6.45, 7) is 3.74. The van der Waals surface area contributed by atoms with Crippen molar-refractivity contribution in [3.63, 3.8) is 0 Å². The summed E-state index contributed by atoms with van der Waals surface area (Å²) >= 11 is 0. The topological polar surface area (TPSA) is 36.4 Å². The number of nitrogens with zero attached hydrogens (tertiary/aromatic N) is 3. The lowest BCUT2D eigenvalue weighted by Crippen LogP contribution is -2.38. The highest BCUT2D eigenvalue weighted by Crippen LogP contribution is 2.28. The summed E-state index contributed by atoms with van der Waals surface area (Å²) in [4.78, 5) is 20.4. The van der Waals surface area contributed by atoms with Crippen molar-refractivity contribution in [3.05, 3.63) is 23.9 Å². The van der Waals surface area contributed by atoms with E-state index in [1.54, 1.807) is 6.20 Å². The zero-order chi connectivity index (χ0) is 11.8. The Bertz CT molecular complexity index is 446. The van der Waals surface area contributed by atoms with Crippen molar-refractivity contribution < 1.29 is 4.79 Å². The standard InChI is InChI=1S/C13H17N3O/c1-10-5-6-14-12(8-10)16-9-11-4-2-3-7-15(11)13(16)17/h5-6,8,11H,2-4,7,9H2,1H3. The fourth-order valence-electron chi connectivity index (χ4n) is 2.75. The third kappa shape index (κ3) is 1.77. The molecule has 2 amide bonds. The van der Waals surface area contributed by atoms with Crippen LogP contribution in [0.4, 0.5) is 10.6 Å². The summed E-state index contributed by atoms with van der Waals surface area (Å²) < 4.78 is 0. The number of urea groups is 1. The Balaban J connectivity index is 1.87. The Morgan fingerprint density at radius 3 is 3.06 bits per heavy atom. The van der Waals surface area contributed by atoms with Gasteiger partial charge in [0.25, 0.3) is 0 Å². The predicted molar refractivity (Wildman–Crippen MR) is 66.1 cm³/mol. The van der Waals surface area contributed by atoms with Gasteiger partial charge in [0, 0.05) is 19.3 Å². The molecule has 17 heavy (non-hydrogen) atoms. The van der Waals surface area contributed by atoms with Gasteiger partial charge in [-0.25, -0.2) is 9.78 Å². The summed E-state index contributed by atoms with van der Waals surface area (Å²) in [5.74, 6) is 0.796. The lowest BCUT2D eigenvalue weighted by molar-refractivity contribution is 0.187. The molecule has 4 nitrogen and oxygen atoms in total. The second-order valence-electron chi connectivity index (χ2n) is 4.93. The Hall–Kier alpha value is -1.58. The minimum absolute atomic E-state index is 0.132. The van der Waals surface area contributed by atoms with Crippen LogP contribution in [-0.2, 0) is 0 Å². The summed E-state index contributed by atoms with van der Waals surface area (Å²) in [5, 5.41) is 0. The molecule has 0 aromatic carbocycles. The van der Waals surface area contributed by atoms with Crippen LogP contribution in [0.1, 0.15) is 24.8 Å². The van der Waals surface area contributed by atoms with E-state index in [2.05, 4.69) is 4.98 Å². The zero-order valence-electron chi connectivity index (χ0n) is 10.1. The number of amides is 2. The second-order valence-corrected chi connectivity index (χ2v) is 4.93. The van der Waals surface area contributed by atoms with Gasteiger partial charge < -0.3 is 4.90 Å². The molecule has 0 N–H and O–H groups in total. The molecule has 90 valence electrons. The van der Waals surface area contributed by atoms with Gasteiger partial charge in [0.15, 0.2) is 0 Å². The SMILES string of the molecule is Cc1ccnc(N2CC3CCCCN3C2=O)c1. The summed E-state index contributed by atoms with van der Waals surface area (Å²) in [6.07, 6.45) is 5.28. The van der Waals surface area contributed by atoms with Crippen LogP contribution < -0.4 is 4.90 Å². The van der Waals surface area contributed by atoms with Crippen LogP contribution in [0.5, 0.6) is 0 Å². The van der Waals surface area contributed by atoms with Crippen molar-refractivity contribution in [1.82, 2.24) is 9.88 Å². The van der Waals surface area contributed by atoms with E-state index in [1.807, 2.05) is 28.9 Å². The molecule has 0 radical (unpaired) electrons. The first-order valence-corrected chi connectivity index (χ1v) is 6.26. The minimum atomic E-state index is 0.132. The van der Waals surface area contributed by atoms with Crippen LogP contribution >= 0.6 is 0 Å². The highest BCUT2D eigenvalue weighted by atomic mass is 16.2. The first kappa shape index (κ1) is 10.6. The highest BCUT2D eigenvalue weighted by molar-refractivity contribution is 5.93. The average molecular weight is 231 g/mol. The minimum Gasteiger partial charge on any atom is -0.320 e. The Morgan fingerprint density at radius 1 is 1.41 bits per heavy atom. The van der Waals surface area contributed by atoms with E-state index >= 15 is 0 Å². The monoisotopic (exact) mass is 231 g/mol. The van der Waals surface area contributed by atoms with Gasteiger partial charge in [-0.1, -0.05) is 0 Å². The van der Waals surface area contributed by atoms with E-state index < -0.39 is 0 Å². The van der Waals surface area contributed by atoms with E-state index in [4.69, 9.17) is 0 Å². The molecule has 2 fully saturated rings. The van der Waals surface area contributed by atoms with E-state index in [0.29, 0.717) is 6.04 Å². The smallest absolute Gasteiger partial charge is 0.320 e. The van der Waals surface area contributed by atoms with Gasteiger partial charge in [-0.3, -0.25) is 4.90 Å². The molecule has 0 bridgehead atoms. The molecular formula is C13H17N3O. The molecular weight excluding hydrogens is 214 g/mol. The number of hydrogen-bond acceptors (Lipinski definition) is 2. The molecule has 1 unspecified atom stereocenters. The Labute approximate surface area is 101 Å². The number of anilines is 1. The second kappa shape index (κ2) is 4.02. The zero-order valence-corrected chi connectivity index (χ0v) is 10.1. The molecule has 0 aliphatic carbocycles. The van der Waals surface area contributed by atoms with Crippen molar-refractivity contribution in [1.29, 1.82) is 0 Å². The van der Waals surface area contributed by atoms with E-state index in [1.165, 1.54) is 6.42 Å². The first-order chi connectivity index (χ1) is 8.25. The lowest BCUT2D eigenvalue weighted by atomic mass is 10.0. The van der Waals surface area contributed by atoms with Crippen molar-refractivity contribution >= 4 is 11.8 Å².